The molecule has 32 heavy (non-hydrogen) atoms. The maximum absolute atomic E-state index is 12.7. The van der Waals surface area contributed by atoms with Crippen LogP contribution in [0.3, 0.4) is 0 Å². The van der Waals surface area contributed by atoms with Gasteiger partial charge < -0.3 is 15.1 Å². The summed E-state index contributed by atoms with van der Waals surface area (Å²) >= 11 is 0. The van der Waals surface area contributed by atoms with Crippen LogP contribution in [0.2, 0.25) is 0 Å². The maximum atomic E-state index is 12.7. The molecule has 1 unspecified atom stereocenters. The van der Waals surface area contributed by atoms with Gasteiger partial charge in [0, 0.05) is 32.6 Å². The number of likely N-dealkylation sites (tertiary alicyclic amines) is 1. The molecule has 2 aliphatic rings. The van der Waals surface area contributed by atoms with Crippen molar-refractivity contribution in [2.24, 2.45) is 0 Å². The second-order valence-corrected chi connectivity index (χ2v) is 8.64. The quantitative estimate of drug-likeness (QED) is 0.683. The Morgan fingerprint density at radius 2 is 1.66 bits per heavy atom. The van der Waals surface area contributed by atoms with Gasteiger partial charge in [-0.15, -0.1) is 0 Å². The van der Waals surface area contributed by atoms with Crippen LogP contribution >= 0.6 is 0 Å². The number of fused-ring (bicyclic) bond motifs is 1. The van der Waals surface area contributed by atoms with Crippen LogP contribution in [-0.4, -0.2) is 53.2 Å². The first-order chi connectivity index (χ1) is 15.6. The number of nitrogens with zero attached hydrogens (tertiary/aromatic N) is 2. The van der Waals surface area contributed by atoms with Crippen LogP contribution in [0, 0.1) is 0 Å². The van der Waals surface area contributed by atoms with Crippen LogP contribution in [0.1, 0.15) is 42.4 Å². The van der Waals surface area contributed by atoms with Gasteiger partial charge in [-0.05, 0) is 42.4 Å². The molecule has 0 spiro atoms. The highest BCUT2D eigenvalue weighted by atomic mass is 16.2. The van der Waals surface area contributed by atoms with Crippen LogP contribution in [-0.2, 0) is 33.8 Å². The Kier molecular flexibility index (Phi) is 7.20. The summed E-state index contributed by atoms with van der Waals surface area (Å²) in [4.78, 5) is 41.6. The third-order valence-corrected chi connectivity index (χ3v) is 6.42. The van der Waals surface area contributed by atoms with Crippen molar-refractivity contribution < 1.29 is 14.4 Å². The van der Waals surface area contributed by atoms with E-state index in [1.807, 2.05) is 47.4 Å². The summed E-state index contributed by atoms with van der Waals surface area (Å²) in [7, 11) is 0. The second-order valence-electron chi connectivity index (χ2n) is 8.64. The van der Waals surface area contributed by atoms with E-state index in [0.717, 1.165) is 24.9 Å². The molecule has 1 saturated heterocycles. The zero-order valence-electron chi connectivity index (χ0n) is 18.5. The first-order valence-corrected chi connectivity index (χ1v) is 11.6. The molecule has 2 heterocycles. The molecular formula is C26H31N3O3. The molecule has 1 fully saturated rings. The Labute approximate surface area is 189 Å². The fourth-order valence-corrected chi connectivity index (χ4v) is 4.65. The van der Waals surface area contributed by atoms with E-state index in [0.29, 0.717) is 45.3 Å². The van der Waals surface area contributed by atoms with Gasteiger partial charge in [-0.25, -0.2) is 0 Å². The minimum absolute atomic E-state index is 0.00518. The average molecular weight is 434 g/mol. The molecule has 0 bridgehead atoms. The Morgan fingerprint density at radius 3 is 2.47 bits per heavy atom. The van der Waals surface area contributed by atoms with Crippen LogP contribution in [0.25, 0.3) is 0 Å². The molecule has 168 valence electrons. The standard InChI is InChI=1S/C26H31N3O3/c30-24(28-17-14-21-10-4-5-11-22(21)19-28)13-6-15-27-26(32)23-12-7-16-29(23)25(31)18-20-8-2-1-3-9-20/h1-5,8-11,23H,6-7,12-19H2,(H,27,32). The lowest BCUT2D eigenvalue weighted by molar-refractivity contribution is -0.138. The topological polar surface area (TPSA) is 69.7 Å². The van der Waals surface area contributed by atoms with E-state index in [-0.39, 0.29) is 17.7 Å². The van der Waals surface area contributed by atoms with Crippen molar-refractivity contribution in [2.45, 2.75) is 51.1 Å². The predicted molar refractivity (Wildman–Crippen MR) is 123 cm³/mol. The van der Waals surface area contributed by atoms with Crippen molar-refractivity contribution in [3.63, 3.8) is 0 Å². The maximum Gasteiger partial charge on any atom is 0.242 e. The van der Waals surface area contributed by atoms with Crippen molar-refractivity contribution in [1.82, 2.24) is 15.1 Å². The number of carbonyl (C=O) groups is 3. The molecule has 1 N–H and O–H groups in total. The average Bonchev–Trinajstić information content (AvgIpc) is 3.32. The first kappa shape index (κ1) is 22.1. The molecule has 6 nitrogen and oxygen atoms in total. The van der Waals surface area contributed by atoms with Crippen molar-refractivity contribution in [3.05, 3.63) is 71.3 Å². The first-order valence-electron chi connectivity index (χ1n) is 11.6. The van der Waals surface area contributed by atoms with Gasteiger partial charge in [0.2, 0.25) is 17.7 Å². The Morgan fingerprint density at radius 1 is 0.906 bits per heavy atom. The lowest BCUT2D eigenvalue weighted by atomic mass is 9.99. The van der Waals surface area contributed by atoms with Gasteiger partial charge in [-0.2, -0.15) is 0 Å². The minimum atomic E-state index is -0.402. The Bertz CT molecular complexity index is 960. The van der Waals surface area contributed by atoms with E-state index in [2.05, 4.69) is 17.4 Å². The molecule has 6 heteroatoms. The van der Waals surface area contributed by atoms with Gasteiger partial charge in [-0.3, -0.25) is 14.4 Å². The highest BCUT2D eigenvalue weighted by Crippen LogP contribution is 2.20. The zero-order valence-corrected chi connectivity index (χ0v) is 18.5. The van der Waals surface area contributed by atoms with Gasteiger partial charge in [0.25, 0.3) is 0 Å². The smallest absolute Gasteiger partial charge is 0.242 e. The molecule has 0 saturated carbocycles. The number of hydrogen-bond acceptors (Lipinski definition) is 3. The number of amides is 3. The van der Waals surface area contributed by atoms with Gasteiger partial charge in [0.15, 0.2) is 0 Å². The molecule has 3 amide bonds. The highest BCUT2D eigenvalue weighted by molar-refractivity contribution is 5.89. The van der Waals surface area contributed by atoms with Crippen molar-refractivity contribution >= 4 is 17.7 Å². The summed E-state index contributed by atoms with van der Waals surface area (Å²) in [5, 5.41) is 2.94. The minimum Gasteiger partial charge on any atom is -0.354 e. The zero-order chi connectivity index (χ0) is 22.3. The molecule has 2 aromatic carbocycles. The summed E-state index contributed by atoms with van der Waals surface area (Å²) in [6.07, 6.45) is 3.77. The van der Waals surface area contributed by atoms with Crippen LogP contribution < -0.4 is 5.32 Å². The van der Waals surface area contributed by atoms with E-state index in [1.54, 1.807) is 4.90 Å². The lowest BCUT2D eigenvalue weighted by Gasteiger charge is -2.29. The lowest BCUT2D eigenvalue weighted by Crippen LogP contribution is -2.46. The summed E-state index contributed by atoms with van der Waals surface area (Å²) < 4.78 is 0. The number of carbonyl (C=O) groups excluding carboxylic acids is 3. The Balaban J connectivity index is 1.20. The number of rotatable bonds is 7. The number of nitrogens with one attached hydrogen (secondary N) is 1. The summed E-state index contributed by atoms with van der Waals surface area (Å²) in [5.74, 6) is 0.0203. The largest absolute Gasteiger partial charge is 0.354 e. The van der Waals surface area contributed by atoms with E-state index in [4.69, 9.17) is 0 Å². The van der Waals surface area contributed by atoms with Crippen molar-refractivity contribution in [3.8, 4) is 0 Å². The highest BCUT2D eigenvalue weighted by Gasteiger charge is 2.33. The molecule has 1 atom stereocenters. The predicted octanol–water partition coefficient (Wildman–Crippen LogP) is 2.70. The number of benzene rings is 2. The van der Waals surface area contributed by atoms with Crippen molar-refractivity contribution in [1.29, 1.82) is 0 Å². The molecular weight excluding hydrogens is 402 g/mol. The molecule has 2 aromatic rings. The molecule has 0 radical (unpaired) electrons. The second kappa shape index (κ2) is 10.4. The van der Waals surface area contributed by atoms with Crippen LogP contribution in [0.15, 0.2) is 54.6 Å². The van der Waals surface area contributed by atoms with E-state index in [1.165, 1.54) is 11.1 Å². The van der Waals surface area contributed by atoms with Gasteiger partial charge in [0.05, 0.1) is 6.42 Å². The summed E-state index contributed by atoms with van der Waals surface area (Å²) in [6.45, 7) is 2.50. The van der Waals surface area contributed by atoms with Crippen molar-refractivity contribution in [2.75, 3.05) is 19.6 Å². The van der Waals surface area contributed by atoms with Gasteiger partial charge in [0.1, 0.15) is 6.04 Å². The third kappa shape index (κ3) is 5.36. The van der Waals surface area contributed by atoms with E-state index in [9.17, 15) is 14.4 Å². The van der Waals surface area contributed by atoms with Gasteiger partial charge >= 0.3 is 0 Å². The molecule has 0 aromatic heterocycles. The Hall–Kier alpha value is -3.15. The van der Waals surface area contributed by atoms with Gasteiger partial charge in [-0.1, -0.05) is 54.6 Å². The third-order valence-electron chi connectivity index (χ3n) is 6.42. The van der Waals surface area contributed by atoms with Crippen LogP contribution in [0.4, 0.5) is 0 Å². The summed E-state index contributed by atoms with van der Waals surface area (Å²) in [6, 6.07) is 17.5. The fraction of sp³-hybridized carbons (Fsp3) is 0.423. The number of hydrogen-bond donors (Lipinski definition) is 1. The molecule has 2 aliphatic heterocycles. The SMILES string of the molecule is O=C(NCCCC(=O)N1CCc2ccccc2C1)C1CCCN1C(=O)Cc1ccccc1. The summed E-state index contributed by atoms with van der Waals surface area (Å²) in [5.41, 5.74) is 3.51. The monoisotopic (exact) mass is 433 g/mol. The van der Waals surface area contributed by atoms with E-state index < -0.39 is 6.04 Å². The van der Waals surface area contributed by atoms with Crippen LogP contribution in [0.5, 0.6) is 0 Å². The van der Waals surface area contributed by atoms with E-state index >= 15 is 0 Å². The normalized spacial score (nSPS) is 17.7. The fourth-order valence-electron chi connectivity index (χ4n) is 4.65. The molecule has 4 rings (SSSR count). The molecule has 0 aliphatic carbocycles.